The van der Waals surface area contributed by atoms with Crippen LogP contribution in [0.1, 0.15) is 24.8 Å². The molecule has 94 valence electrons. The fourth-order valence-electron chi connectivity index (χ4n) is 2.47. The summed E-state index contributed by atoms with van der Waals surface area (Å²) in [5, 5.41) is 3.56. The van der Waals surface area contributed by atoms with E-state index in [1.54, 1.807) is 0 Å². The molecule has 3 nitrogen and oxygen atoms in total. The maximum Gasteiger partial charge on any atom is 0.0391 e. The molecule has 0 saturated heterocycles. The fourth-order valence-corrected chi connectivity index (χ4v) is 2.47. The lowest BCUT2D eigenvalue weighted by Gasteiger charge is -2.47. The van der Waals surface area contributed by atoms with Crippen LogP contribution in [0.4, 0.5) is 11.4 Å². The van der Waals surface area contributed by atoms with Gasteiger partial charge in [0.15, 0.2) is 0 Å². The van der Waals surface area contributed by atoms with E-state index in [0.29, 0.717) is 5.54 Å². The molecule has 3 N–H and O–H groups in total. The predicted molar refractivity (Wildman–Crippen MR) is 74.4 cm³/mol. The molecular weight excluding hydrogens is 210 g/mol. The smallest absolute Gasteiger partial charge is 0.0391 e. The topological polar surface area (TPSA) is 41.3 Å². The highest BCUT2D eigenvalue weighted by Gasteiger charge is 2.38. The molecule has 0 aliphatic heterocycles. The number of anilines is 2. The molecule has 3 heteroatoms. The van der Waals surface area contributed by atoms with Crippen LogP contribution in [-0.2, 0) is 0 Å². The summed E-state index contributed by atoms with van der Waals surface area (Å²) in [6.07, 6.45) is 3.92. The van der Waals surface area contributed by atoms with Crippen molar-refractivity contribution in [1.29, 1.82) is 0 Å². The van der Waals surface area contributed by atoms with E-state index >= 15 is 0 Å². The van der Waals surface area contributed by atoms with Gasteiger partial charge < -0.3 is 16.0 Å². The van der Waals surface area contributed by atoms with Crippen molar-refractivity contribution >= 4 is 11.4 Å². The maximum absolute atomic E-state index is 5.92. The van der Waals surface area contributed by atoms with Crippen LogP contribution < -0.4 is 11.1 Å². The van der Waals surface area contributed by atoms with Crippen LogP contribution in [0.3, 0.4) is 0 Å². The van der Waals surface area contributed by atoms with Gasteiger partial charge in [0.1, 0.15) is 0 Å². The van der Waals surface area contributed by atoms with Crippen molar-refractivity contribution in [2.24, 2.45) is 0 Å². The first-order chi connectivity index (χ1) is 8.05. The largest absolute Gasteiger partial charge is 0.398 e. The van der Waals surface area contributed by atoms with Crippen LogP contribution in [0.25, 0.3) is 0 Å². The number of nitrogens with zero attached hydrogens (tertiary/aromatic N) is 1. The highest BCUT2D eigenvalue weighted by atomic mass is 15.2. The number of hydrogen-bond acceptors (Lipinski definition) is 3. The van der Waals surface area contributed by atoms with Gasteiger partial charge in [-0.1, -0.05) is 6.07 Å². The van der Waals surface area contributed by atoms with Gasteiger partial charge in [-0.05, 0) is 58.0 Å². The lowest BCUT2D eigenvalue weighted by molar-refractivity contribution is 0.0739. The Morgan fingerprint density at radius 3 is 2.59 bits per heavy atom. The van der Waals surface area contributed by atoms with E-state index in [1.165, 1.54) is 19.3 Å². The molecule has 2 rings (SSSR count). The summed E-state index contributed by atoms with van der Waals surface area (Å²) in [4.78, 5) is 2.35. The van der Waals surface area contributed by atoms with E-state index in [0.717, 1.165) is 23.5 Å². The van der Waals surface area contributed by atoms with E-state index in [1.807, 2.05) is 12.1 Å². The predicted octanol–water partition coefficient (Wildman–Crippen LogP) is 2.47. The molecule has 1 saturated carbocycles. The second kappa shape index (κ2) is 4.57. The van der Waals surface area contributed by atoms with Crippen LogP contribution in [0.5, 0.6) is 0 Å². The summed E-state index contributed by atoms with van der Waals surface area (Å²) in [6.45, 7) is 3.07. The van der Waals surface area contributed by atoms with Crippen LogP contribution in [0, 0.1) is 6.92 Å². The van der Waals surface area contributed by atoms with E-state index < -0.39 is 0 Å². The number of nitrogens with one attached hydrogen (secondary N) is 1. The fraction of sp³-hybridized carbons (Fsp3) is 0.571. The maximum atomic E-state index is 5.92. The van der Waals surface area contributed by atoms with Gasteiger partial charge in [-0.25, -0.2) is 0 Å². The zero-order chi connectivity index (χ0) is 12.5. The van der Waals surface area contributed by atoms with Gasteiger partial charge in [-0.3, -0.25) is 0 Å². The Hall–Kier alpha value is -1.22. The van der Waals surface area contributed by atoms with Crippen LogP contribution in [-0.4, -0.2) is 31.1 Å². The van der Waals surface area contributed by atoms with Gasteiger partial charge in [0.25, 0.3) is 0 Å². The van der Waals surface area contributed by atoms with Crippen LogP contribution in [0.2, 0.25) is 0 Å². The van der Waals surface area contributed by atoms with E-state index in [9.17, 15) is 0 Å². The number of rotatable bonds is 4. The Labute approximate surface area is 104 Å². The normalized spacial score (nSPS) is 17.9. The number of nitrogen functional groups attached to an aromatic ring is 1. The third kappa shape index (κ3) is 2.25. The summed E-state index contributed by atoms with van der Waals surface area (Å²) < 4.78 is 0. The molecule has 0 unspecified atom stereocenters. The summed E-state index contributed by atoms with van der Waals surface area (Å²) in [5.41, 5.74) is 9.44. The van der Waals surface area contributed by atoms with Crippen molar-refractivity contribution < 1.29 is 0 Å². The van der Waals surface area contributed by atoms with Crippen molar-refractivity contribution in [3.63, 3.8) is 0 Å². The molecule has 0 amide bonds. The molecule has 1 fully saturated rings. The highest BCUT2D eigenvalue weighted by molar-refractivity contribution is 5.62. The minimum Gasteiger partial charge on any atom is -0.398 e. The van der Waals surface area contributed by atoms with Crippen molar-refractivity contribution in [3.8, 4) is 0 Å². The Bertz CT molecular complexity index is 394. The Kier molecular flexibility index (Phi) is 3.29. The molecule has 1 aromatic rings. The Morgan fingerprint density at radius 2 is 2.06 bits per heavy atom. The molecule has 0 heterocycles. The zero-order valence-corrected chi connectivity index (χ0v) is 11.1. The SMILES string of the molecule is Cc1c(N)cccc1NCC1(N(C)C)CCC1. The molecule has 0 aromatic heterocycles. The van der Waals surface area contributed by atoms with Gasteiger partial charge in [0, 0.05) is 23.5 Å². The molecule has 0 bridgehead atoms. The van der Waals surface area contributed by atoms with Crippen molar-refractivity contribution in [2.45, 2.75) is 31.7 Å². The third-order valence-corrected chi connectivity index (χ3v) is 4.22. The van der Waals surface area contributed by atoms with Crippen molar-refractivity contribution in [2.75, 3.05) is 31.7 Å². The average molecular weight is 233 g/mol. The number of likely N-dealkylation sites (N-methyl/N-ethyl adjacent to an activating group) is 1. The first kappa shape index (κ1) is 12.2. The summed E-state index contributed by atoms with van der Waals surface area (Å²) in [6, 6.07) is 6.06. The number of hydrogen-bond donors (Lipinski definition) is 2. The first-order valence-electron chi connectivity index (χ1n) is 6.31. The van der Waals surface area contributed by atoms with Gasteiger partial charge >= 0.3 is 0 Å². The van der Waals surface area contributed by atoms with Crippen molar-refractivity contribution in [3.05, 3.63) is 23.8 Å². The summed E-state index contributed by atoms with van der Waals surface area (Å²) in [7, 11) is 4.35. The summed E-state index contributed by atoms with van der Waals surface area (Å²) in [5.74, 6) is 0. The molecule has 1 aliphatic carbocycles. The number of benzene rings is 1. The minimum absolute atomic E-state index is 0.344. The molecule has 1 aliphatic rings. The third-order valence-electron chi connectivity index (χ3n) is 4.22. The van der Waals surface area contributed by atoms with Crippen molar-refractivity contribution in [1.82, 2.24) is 4.90 Å². The van der Waals surface area contributed by atoms with Gasteiger partial charge in [-0.2, -0.15) is 0 Å². The van der Waals surface area contributed by atoms with E-state index in [4.69, 9.17) is 5.73 Å². The van der Waals surface area contributed by atoms with Gasteiger partial charge in [0.2, 0.25) is 0 Å². The monoisotopic (exact) mass is 233 g/mol. The Morgan fingerprint density at radius 1 is 1.35 bits per heavy atom. The zero-order valence-electron chi connectivity index (χ0n) is 11.1. The molecule has 17 heavy (non-hydrogen) atoms. The average Bonchev–Trinajstić information content (AvgIpc) is 2.22. The van der Waals surface area contributed by atoms with E-state index in [2.05, 4.69) is 37.3 Å². The standard InChI is InChI=1S/C14H23N3/c1-11-12(15)6-4-7-13(11)16-10-14(17(2)3)8-5-9-14/h4,6-7,16H,5,8-10,15H2,1-3H3. The number of nitrogens with two attached hydrogens (primary N) is 1. The molecular formula is C14H23N3. The molecule has 0 radical (unpaired) electrons. The van der Waals surface area contributed by atoms with Crippen LogP contribution >= 0.6 is 0 Å². The molecule has 0 spiro atoms. The van der Waals surface area contributed by atoms with Crippen LogP contribution in [0.15, 0.2) is 18.2 Å². The van der Waals surface area contributed by atoms with E-state index in [-0.39, 0.29) is 0 Å². The highest BCUT2D eigenvalue weighted by Crippen LogP contribution is 2.36. The lowest BCUT2D eigenvalue weighted by Crippen LogP contribution is -2.54. The minimum atomic E-state index is 0.344. The Balaban J connectivity index is 2.04. The quantitative estimate of drug-likeness (QED) is 0.785. The van der Waals surface area contributed by atoms with Gasteiger partial charge in [-0.15, -0.1) is 0 Å². The van der Waals surface area contributed by atoms with Gasteiger partial charge in [0.05, 0.1) is 0 Å². The first-order valence-corrected chi connectivity index (χ1v) is 6.31. The lowest BCUT2D eigenvalue weighted by atomic mass is 9.75. The second-order valence-corrected chi connectivity index (χ2v) is 5.35. The molecule has 0 atom stereocenters. The molecule has 1 aromatic carbocycles. The summed E-state index contributed by atoms with van der Waals surface area (Å²) >= 11 is 0. The second-order valence-electron chi connectivity index (χ2n) is 5.35.